The molecule has 3 nitrogen and oxygen atoms in total. The van der Waals surface area contributed by atoms with Crippen LogP contribution in [0.25, 0.3) is 0 Å². The lowest BCUT2D eigenvalue weighted by atomic mass is 10.2. The fourth-order valence-corrected chi connectivity index (χ4v) is 2.37. The van der Waals surface area contributed by atoms with E-state index in [0.29, 0.717) is 12.3 Å². The first-order valence-electron chi connectivity index (χ1n) is 7.02. The lowest BCUT2D eigenvalue weighted by Crippen LogP contribution is -2.32. The maximum absolute atomic E-state index is 12.8. The third kappa shape index (κ3) is 5.75. The minimum absolute atomic E-state index is 0.177. The number of aliphatic hydroxyl groups is 1. The van der Waals surface area contributed by atoms with Gasteiger partial charge < -0.3 is 9.84 Å². The molecular weight excluding hydrogens is 349 g/mol. The summed E-state index contributed by atoms with van der Waals surface area (Å²) in [6.45, 7) is 1.43. The number of likely N-dealkylation sites (N-methyl/N-ethyl adjacent to an activating group) is 1. The third-order valence-electron chi connectivity index (χ3n) is 3.14. The Morgan fingerprint density at radius 2 is 1.77 bits per heavy atom. The molecule has 0 spiro atoms. The summed E-state index contributed by atoms with van der Waals surface area (Å²) in [7, 11) is 1.95. The second-order valence-electron chi connectivity index (χ2n) is 5.24. The molecule has 0 saturated heterocycles. The van der Waals surface area contributed by atoms with Crippen molar-refractivity contribution in [3.8, 4) is 5.75 Å². The number of ether oxygens (including phenoxy) is 1. The topological polar surface area (TPSA) is 32.7 Å². The number of halogens is 2. The monoisotopic (exact) mass is 367 g/mol. The van der Waals surface area contributed by atoms with Gasteiger partial charge in [0, 0.05) is 17.6 Å². The van der Waals surface area contributed by atoms with Gasteiger partial charge in [-0.3, -0.25) is 4.90 Å². The molecule has 0 saturated carbocycles. The van der Waals surface area contributed by atoms with Crippen LogP contribution >= 0.6 is 15.9 Å². The van der Waals surface area contributed by atoms with Gasteiger partial charge in [-0.05, 0) is 49.0 Å². The van der Waals surface area contributed by atoms with E-state index in [1.807, 2.05) is 36.2 Å². The van der Waals surface area contributed by atoms with E-state index in [1.54, 1.807) is 12.1 Å². The van der Waals surface area contributed by atoms with Gasteiger partial charge in [0.1, 0.15) is 24.3 Å². The Kier molecular flexibility index (Phi) is 6.36. The van der Waals surface area contributed by atoms with Crippen LogP contribution in [0.1, 0.15) is 5.56 Å². The number of hydrogen-bond acceptors (Lipinski definition) is 3. The molecule has 1 N–H and O–H groups in total. The first-order chi connectivity index (χ1) is 10.5. The van der Waals surface area contributed by atoms with Crippen molar-refractivity contribution in [2.75, 3.05) is 20.2 Å². The van der Waals surface area contributed by atoms with Crippen molar-refractivity contribution in [2.24, 2.45) is 0 Å². The normalized spacial score (nSPS) is 12.4. The van der Waals surface area contributed by atoms with Gasteiger partial charge in [0.2, 0.25) is 0 Å². The summed E-state index contributed by atoms with van der Waals surface area (Å²) in [6.07, 6.45) is -0.606. The molecule has 2 rings (SSSR count). The summed E-state index contributed by atoms with van der Waals surface area (Å²) in [4.78, 5) is 2.03. The Balaban J connectivity index is 1.74. The lowest BCUT2D eigenvalue weighted by Gasteiger charge is -2.21. The van der Waals surface area contributed by atoms with Crippen molar-refractivity contribution in [1.82, 2.24) is 4.90 Å². The molecule has 0 aliphatic rings. The molecule has 5 heteroatoms. The second kappa shape index (κ2) is 8.27. The maximum atomic E-state index is 12.8. The Bertz CT molecular complexity index is 574. The Morgan fingerprint density at radius 1 is 1.14 bits per heavy atom. The van der Waals surface area contributed by atoms with Crippen LogP contribution in [-0.2, 0) is 6.54 Å². The SMILES string of the molecule is CN(Cc1ccc(Br)cc1)CC(O)COc1ccc(F)cc1. The van der Waals surface area contributed by atoms with Crippen LogP contribution in [0.5, 0.6) is 5.75 Å². The zero-order valence-electron chi connectivity index (χ0n) is 12.4. The van der Waals surface area contributed by atoms with Crippen molar-refractivity contribution in [1.29, 1.82) is 0 Å². The molecule has 0 radical (unpaired) electrons. The first-order valence-corrected chi connectivity index (χ1v) is 7.81. The van der Waals surface area contributed by atoms with Crippen molar-refractivity contribution in [3.63, 3.8) is 0 Å². The van der Waals surface area contributed by atoms with E-state index in [1.165, 1.54) is 17.7 Å². The smallest absolute Gasteiger partial charge is 0.123 e. The van der Waals surface area contributed by atoms with Crippen LogP contribution in [0.2, 0.25) is 0 Å². The molecule has 22 heavy (non-hydrogen) atoms. The van der Waals surface area contributed by atoms with Gasteiger partial charge in [-0.1, -0.05) is 28.1 Å². The fraction of sp³-hybridized carbons (Fsp3) is 0.294. The van der Waals surface area contributed by atoms with Crippen molar-refractivity contribution < 1.29 is 14.2 Å². The molecular formula is C17H19BrFNO2. The van der Waals surface area contributed by atoms with Gasteiger partial charge in [-0.15, -0.1) is 0 Å². The average molecular weight is 368 g/mol. The van der Waals surface area contributed by atoms with Gasteiger partial charge in [0.15, 0.2) is 0 Å². The van der Waals surface area contributed by atoms with Gasteiger partial charge >= 0.3 is 0 Å². The van der Waals surface area contributed by atoms with Crippen molar-refractivity contribution in [2.45, 2.75) is 12.6 Å². The molecule has 118 valence electrons. The summed E-state index contributed by atoms with van der Waals surface area (Å²) >= 11 is 3.41. The van der Waals surface area contributed by atoms with Crippen LogP contribution in [0.3, 0.4) is 0 Å². The quantitative estimate of drug-likeness (QED) is 0.813. The zero-order chi connectivity index (χ0) is 15.9. The van der Waals surface area contributed by atoms with E-state index in [9.17, 15) is 9.50 Å². The van der Waals surface area contributed by atoms with Gasteiger partial charge in [0.05, 0.1) is 0 Å². The number of aliphatic hydroxyl groups excluding tert-OH is 1. The van der Waals surface area contributed by atoms with Crippen LogP contribution in [0.4, 0.5) is 4.39 Å². The van der Waals surface area contributed by atoms with Gasteiger partial charge in [-0.2, -0.15) is 0 Å². The van der Waals surface area contributed by atoms with E-state index >= 15 is 0 Å². The van der Waals surface area contributed by atoms with Crippen LogP contribution < -0.4 is 4.74 Å². The van der Waals surface area contributed by atoms with Crippen LogP contribution in [-0.4, -0.2) is 36.3 Å². The molecule has 0 amide bonds. The van der Waals surface area contributed by atoms with E-state index in [4.69, 9.17) is 4.74 Å². The molecule has 2 aromatic carbocycles. The molecule has 1 unspecified atom stereocenters. The van der Waals surface area contributed by atoms with Gasteiger partial charge in [0.25, 0.3) is 0 Å². The molecule has 0 heterocycles. The summed E-state index contributed by atoms with van der Waals surface area (Å²) in [6, 6.07) is 13.8. The molecule has 0 bridgehead atoms. The molecule has 0 aromatic heterocycles. The average Bonchev–Trinajstić information content (AvgIpc) is 2.49. The number of hydrogen-bond donors (Lipinski definition) is 1. The summed E-state index contributed by atoms with van der Waals surface area (Å²) in [5.41, 5.74) is 1.18. The largest absolute Gasteiger partial charge is 0.491 e. The highest BCUT2D eigenvalue weighted by Crippen LogP contribution is 2.13. The highest BCUT2D eigenvalue weighted by atomic mass is 79.9. The predicted molar refractivity (Wildman–Crippen MR) is 88.4 cm³/mol. The molecule has 1 atom stereocenters. The first kappa shape index (κ1) is 16.9. The fourth-order valence-electron chi connectivity index (χ4n) is 2.10. The predicted octanol–water partition coefficient (Wildman–Crippen LogP) is 3.46. The minimum atomic E-state index is -0.606. The summed E-state index contributed by atoms with van der Waals surface area (Å²) < 4.78 is 19.3. The zero-order valence-corrected chi connectivity index (χ0v) is 14.0. The van der Waals surface area contributed by atoms with Crippen molar-refractivity contribution >= 4 is 15.9 Å². The Labute approximate surface area is 138 Å². The Hall–Kier alpha value is -1.43. The number of benzene rings is 2. The van der Waals surface area contributed by atoms with E-state index in [0.717, 1.165) is 11.0 Å². The highest BCUT2D eigenvalue weighted by Gasteiger charge is 2.10. The minimum Gasteiger partial charge on any atom is -0.491 e. The number of nitrogens with zero attached hydrogens (tertiary/aromatic N) is 1. The lowest BCUT2D eigenvalue weighted by molar-refractivity contribution is 0.0743. The van der Waals surface area contributed by atoms with Crippen LogP contribution in [0.15, 0.2) is 53.0 Å². The van der Waals surface area contributed by atoms with E-state index in [2.05, 4.69) is 15.9 Å². The number of rotatable bonds is 7. The van der Waals surface area contributed by atoms with E-state index < -0.39 is 6.10 Å². The highest BCUT2D eigenvalue weighted by molar-refractivity contribution is 9.10. The second-order valence-corrected chi connectivity index (χ2v) is 6.16. The van der Waals surface area contributed by atoms with E-state index in [-0.39, 0.29) is 12.4 Å². The third-order valence-corrected chi connectivity index (χ3v) is 3.67. The molecule has 0 aliphatic heterocycles. The molecule has 0 aliphatic carbocycles. The summed E-state index contributed by atoms with van der Waals surface area (Å²) in [5.74, 6) is 0.248. The molecule has 2 aromatic rings. The maximum Gasteiger partial charge on any atom is 0.123 e. The van der Waals surface area contributed by atoms with Crippen LogP contribution in [0, 0.1) is 5.82 Å². The van der Waals surface area contributed by atoms with Gasteiger partial charge in [-0.25, -0.2) is 4.39 Å². The summed E-state index contributed by atoms with van der Waals surface area (Å²) in [5, 5.41) is 10.0. The molecule has 0 fully saturated rings. The Morgan fingerprint density at radius 3 is 2.41 bits per heavy atom. The van der Waals surface area contributed by atoms with Crippen molar-refractivity contribution in [3.05, 3.63) is 64.4 Å². The standard InChI is InChI=1S/C17H19BrFNO2/c1-20(10-13-2-4-14(18)5-3-13)11-16(21)12-22-17-8-6-15(19)7-9-17/h2-9,16,21H,10-12H2,1H3.